The monoisotopic (exact) mass is 229 g/mol. The molecule has 0 amide bonds. The van der Waals surface area contributed by atoms with Crippen molar-refractivity contribution in [3.05, 3.63) is 29.3 Å². The number of rotatable bonds is 2. The first-order valence-corrected chi connectivity index (χ1v) is 6.26. The van der Waals surface area contributed by atoms with Crippen molar-refractivity contribution in [3.63, 3.8) is 0 Å². The summed E-state index contributed by atoms with van der Waals surface area (Å²) in [7, 11) is 0. The molecule has 90 valence electrons. The van der Waals surface area contributed by atoms with E-state index in [2.05, 4.69) is 24.8 Å². The molecule has 0 heterocycles. The molecule has 0 radical (unpaired) electrons. The van der Waals surface area contributed by atoms with Gasteiger partial charge in [-0.25, -0.2) is 0 Å². The van der Waals surface area contributed by atoms with Crippen molar-refractivity contribution in [2.24, 2.45) is 5.73 Å². The van der Waals surface area contributed by atoms with Gasteiger partial charge in [0.25, 0.3) is 0 Å². The zero-order chi connectivity index (χ0) is 12.1. The maximum atomic E-state index is 5.99. The standard InChI is InChI=1S/C15H19NO/c1-12-11-13(5-4-10-16)8-9-15(12)17-14-6-2-3-7-14/h8-9,11,14H,2-3,6-7,10,16H2,1H3. The summed E-state index contributed by atoms with van der Waals surface area (Å²) in [5.74, 6) is 6.89. The number of nitrogens with two attached hydrogens (primary N) is 1. The molecular formula is C15H19NO. The van der Waals surface area contributed by atoms with E-state index in [1.807, 2.05) is 12.1 Å². The summed E-state index contributed by atoms with van der Waals surface area (Å²) >= 11 is 0. The molecule has 2 N–H and O–H groups in total. The van der Waals surface area contributed by atoms with Crippen molar-refractivity contribution in [2.75, 3.05) is 6.54 Å². The lowest BCUT2D eigenvalue weighted by atomic mass is 10.1. The van der Waals surface area contributed by atoms with Gasteiger partial charge in [0.05, 0.1) is 12.6 Å². The van der Waals surface area contributed by atoms with E-state index in [-0.39, 0.29) is 0 Å². The second-order valence-electron chi connectivity index (χ2n) is 4.51. The average Bonchev–Trinajstić information content (AvgIpc) is 2.82. The van der Waals surface area contributed by atoms with E-state index in [9.17, 15) is 0 Å². The van der Waals surface area contributed by atoms with E-state index in [0.717, 1.165) is 16.9 Å². The van der Waals surface area contributed by atoms with Gasteiger partial charge in [-0.2, -0.15) is 0 Å². The minimum atomic E-state index is 0.402. The van der Waals surface area contributed by atoms with Crippen molar-refractivity contribution in [3.8, 4) is 17.6 Å². The molecule has 1 aromatic carbocycles. The predicted octanol–water partition coefficient (Wildman–Crippen LogP) is 2.63. The van der Waals surface area contributed by atoms with Crippen molar-refractivity contribution in [1.29, 1.82) is 0 Å². The zero-order valence-corrected chi connectivity index (χ0v) is 10.3. The summed E-state index contributed by atoms with van der Waals surface area (Å²) in [6.07, 6.45) is 5.38. The molecule has 1 aliphatic rings. The highest BCUT2D eigenvalue weighted by atomic mass is 16.5. The van der Waals surface area contributed by atoms with Crippen LogP contribution in [-0.4, -0.2) is 12.6 Å². The Labute approximate surface area is 103 Å². The number of hydrogen-bond donors (Lipinski definition) is 1. The molecule has 0 aromatic heterocycles. The molecule has 0 atom stereocenters. The van der Waals surface area contributed by atoms with Crippen LogP contribution in [0.25, 0.3) is 0 Å². The van der Waals surface area contributed by atoms with Gasteiger partial charge >= 0.3 is 0 Å². The van der Waals surface area contributed by atoms with Gasteiger partial charge in [-0.1, -0.05) is 11.8 Å². The van der Waals surface area contributed by atoms with Crippen LogP contribution in [0.4, 0.5) is 0 Å². The molecule has 1 saturated carbocycles. The van der Waals surface area contributed by atoms with Crippen LogP contribution in [0.2, 0.25) is 0 Å². The van der Waals surface area contributed by atoms with Crippen molar-refractivity contribution >= 4 is 0 Å². The van der Waals surface area contributed by atoms with Crippen LogP contribution in [-0.2, 0) is 0 Å². The molecule has 0 saturated heterocycles. The summed E-state index contributed by atoms with van der Waals surface area (Å²) in [6, 6.07) is 6.08. The van der Waals surface area contributed by atoms with Gasteiger partial charge in [-0.05, 0) is 56.4 Å². The van der Waals surface area contributed by atoms with E-state index >= 15 is 0 Å². The van der Waals surface area contributed by atoms with Gasteiger partial charge in [0.2, 0.25) is 0 Å². The van der Waals surface area contributed by atoms with E-state index in [4.69, 9.17) is 10.5 Å². The highest BCUT2D eigenvalue weighted by Gasteiger charge is 2.17. The molecule has 0 spiro atoms. The number of ether oxygens (including phenoxy) is 1. The SMILES string of the molecule is Cc1cc(C#CCN)ccc1OC1CCCC1. The Morgan fingerprint density at radius 3 is 2.76 bits per heavy atom. The van der Waals surface area contributed by atoms with Crippen LogP contribution >= 0.6 is 0 Å². The maximum Gasteiger partial charge on any atom is 0.122 e. The topological polar surface area (TPSA) is 35.2 Å². The molecule has 1 aromatic rings. The van der Waals surface area contributed by atoms with Gasteiger partial charge < -0.3 is 10.5 Å². The Kier molecular flexibility index (Phi) is 4.06. The van der Waals surface area contributed by atoms with Crippen molar-refractivity contribution < 1.29 is 4.74 Å². The third-order valence-corrected chi connectivity index (χ3v) is 3.11. The fraction of sp³-hybridized carbons (Fsp3) is 0.467. The Morgan fingerprint density at radius 2 is 2.12 bits per heavy atom. The lowest BCUT2D eigenvalue weighted by molar-refractivity contribution is 0.208. The Hall–Kier alpha value is -1.46. The summed E-state index contributed by atoms with van der Waals surface area (Å²) in [6.45, 7) is 2.47. The van der Waals surface area contributed by atoms with E-state index < -0.39 is 0 Å². The molecule has 1 fully saturated rings. The second-order valence-corrected chi connectivity index (χ2v) is 4.51. The molecular weight excluding hydrogens is 210 g/mol. The minimum Gasteiger partial charge on any atom is -0.490 e. The predicted molar refractivity (Wildman–Crippen MR) is 70.0 cm³/mol. The van der Waals surface area contributed by atoms with Gasteiger partial charge in [0.1, 0.15) is 5.75 Å². The van der Waals surface area contributed by atoms with Crippen LogP contribution in [0.15, 0.2) is 18.2 Å². The van der Waals surface area contributed by atoms with Crippen molar-refractivity contribution in [2.45, 2.75) is 38.7 Å². The quantitative estimate of drug-likeness (QED) is 0.791. The summed E-state index contributed by atoms with van der Waals surface area (Å²) in [5, 5.41) is 0. The van der Waals surface area contributed by atoms with Crippen molar-refractivity contribution in [1.82, 2.24) is 0 Å². The van der Waals surface area contributed by atoms with E-state index in [1.165, 1.54) is 25.7 Å². The molecule has 2 nitrogen and oxygen atoms in total. The minimum absolute atomic E-state index is 0.402. The Morgan fingerprint density at radius 1 is 1.35 bits per heavy atom. The molecule has 2 heteroatoms. The fourth-order valence-corrected chi connectivity index (χ4v) is 2.20. The second kappa shape index (κ2) is 5.75. The third-order valence-electron chi connectivity index (χ3n) is 3.11. The maximum absolute atomic E-state index is 5.99. The average molecular weight is 229 g/mol. The molecule has 0 bridgehead atoms. The van der Waals surface area contributed by atoms with E-state index in [1.54, 1.807) is 0 Å². The number of benzene rings is 1. The third kappa shape index (κ3) is 3.25. The molecule has 1 aliphatic carbocycles. The zero-order valence-electron chi connectivity index (χ0n) is 10.3. The Balaban J connectivity index is 2.08. The van der Waals surface area contributed by atoms with Crippen LogP contribution in [0.5, 0.6) is 5.75 Å². The highest BCUT2D eigenvalue weighted by molar-refractivity contribution is 5.43. The highest BCUT2D eigenvalue weighted by Crippen LogP contribution is 2.26. The van der Waals surface area contributed by atoms with Gasteiger partial charge in [-0.3, -0.25) is 0 Å². The van der Waals surface area contributed by atoms with Crippen LogP contribution in [0, 0.1) is 18.8 Å². The lowest BCUT2D eigenvalue weighted by Crippen LogP contribution is -2.11. The van der Waals surface area contributed by atoms with Gasteiger partial charge in [0, 0.05) is 5.56 Å². The van der Waals surface area contributed by atoms with Gasteiger partial charge in [-0.15, -0.1) is 0 Å². The first-order valence-electron chi connectivity index (χ1n) is 6.26. The van der Waals surface area contributed by atoms with Crippen LogP contribution < -0.4 is 10.5 Å². The number of hydrogen-bond acceptors (Lipinski definition) is 2. The Bertz CT molecular complexity index is 436. The molecule has 0 aliphatic heterocycles. The molecule has 2 rings (SSSR count). The van der Waals surface area contributed by atoms with Crippen LogP contribution in [0.3, 0.4) is 0 Å². The van der Waals surface area contributed by atoms with Crippen LogP contribution in [0.1, 0.15) is 36.8 Å². The summed E-state index contributed by atoms with van der Waals surface area (Å²) < 4.78 is 5.99. The van der Waals surface area contributed by atoms with E-state index in [0.29, 0.717) is 12.6 Å². The number of aryl methyl sites for hydroxylation is 1. The largest absolute Gasteiger partial charge is 0.490 e. The molecule has 0 unspecified atom stereocenters. The van der Waals surface area contributed by atoms with Gasteiger partial charge in [0.15, 0.2) is 0 Å². The summed E-state index contributed by atoms with van der Waals surface area (Å²) in [5.41, 5.74) is 7.51. The smallest absolute Gasteiger partial charge is 0.122 e. The summed E-state index contributed by atoms with van der Waals surface area (Å²) in [4.78, 5) is 0. The first kappa shape index (κ1) is 12.0. The lowest BCUT2D eigenvalue weighted by Gasteiger charge is -2.15. The normalized spacial score (nSPS) is 15.4. The first-order chi connectivity index (χ1) is 8.29. The fourth-order valence-electron chi connectivity index (χ4n) is 2.20. The molecule has 17 heavy (non-hydrogen) atoms.